The minimum Gasteiger partial charge on any atom is -0.315 e. The van der Waals surface area contributed by atoms with Crippen molar-refractivity contribution in [3.63, 3.8) is 0 Å². The SMILES string of the molecule is CCN1CCC(CNS(=O)(=O)c2cc(CNC)sc2Br)C1. The van der Waals surface area contributed by atoms with Crippen LogP contribution in [0.4, 0.5) is 0 Å². The van der Waals surface area contributed by atoms with Gasteiger partial charge in [-0.15, -0.1) is 11.3 Å². The Kier molecular flexibility index (Phi) is 6.22. The fraction of sp³-hybridized carbons (Fsp3) is 0.692. The van der Waals surface area contributed by atoms with Crippen LogP contribution in [0, 0.1) is 5.92 Å². The first kappa shape index (κ1) is 17.4. The molecule has 2 N–H and O–H groups in total. The number of likely N-dealkylation sites (tertiary alicyclic amines) is 1. The second-order valence-corrected chi connectivity index (χ2v) is 9.47. The number of thiophene rings is 1. The van der Waals surface area contributed by atoms with E-state index < -0.39 is 10.0 Å². The Balaban J connectivity index is 1.98. The Hall–Kier alpha value is 0.01000. The molecule has 1 aromatic heterocycles. The first-order valence-corrected chi connectivity index (χ1v) is 10.2. The van der Waals surface area contributed by atoms with Crippen LogP contribution in [0.15, 0.2) is 14.7 Å². The molecule has 120 valence electrons. The number of sulfonamides is 1. The van der Waals surface area contributed by atoms with E-state index in [4.69, 9.17) is 0 Å². The van der Waals surface area contributed by atoms with Crippen LogP contribution in [0.2, 0.25) is 0 Å². The van der Waals surface area contributed by atoms with Crippen molar-refractivity contribution in [1.29, 1.82) is 0 Å². The molecule has 1 aliphatic rings. The van der Waals surface area contributed by atoms with Crippen LogP contribution < -0.4 is 10.0 Å². The smallest absolute Gasteiger partial charge is 0.242 e. The van der Waals surface area contributed by atoms with Gasteiger partial charge >= 0.3 is 0 Å². The maximum atomic E-state index is 12.4. The summed E-state index contributed by atoms with van der Waals surface area (Å²) in [7, 11) is -1.59. The third-order valence-corrected chi connectivity index (χ3v) is 7.40. The van der Waals surface area contributed by atoms with Gasteiger partial charge in [0.05, 0.1) is 3.79 Å². The Morgan fingerprint density at radius 2 is 2.29 bits per heavy atom. The Labute approximate surface area is 139 Å². The minimum absolute atomic E-state index is 0.350. The van der Waals surface area contributed by atoms with Gasteiger partial charge in [-0.05, 0) is 54.5 Å². The summed E-state index contributed by atoms with van der Waals surface area (Å²) in [6, 6.07) is 1.74. The van der Waals surface area contributed by atoms with Gasteiger partial charge in [0.2, 0.25) is 10.0 Å². The van der Waals surface area contributed by atoms with Gasteiger partial charge < -0.3 is 10.2 Å². The zero-order chi connectivity index (χ0) is 15.5. The van der Waals surface area contributed by atoms with E-state index in [2.05, 4.69) is 37.8 Å². The highest BCUT2D eigenvalue weighted by atomic mass is 79.9. The molecular formula is C13H22BrN3O2S2. The number of halogens is 1. The fourth-order valence-corrected chi connectivity index (χ4v) is 6.32. The molecule has 21 heavy (non-hydrogen) atoms. The van der Waals surface area contributed by atoms with Gasteiger partial charge in [-0.25, -0.2) is 13.1 Å². The largest absolute Gasteiger partial charge is 0.315 e. The van der Waals surface area contributed by atoms with Gasteiger partial charge in [0, 0.05) is 24.5 Å². The quantitative estimate of drug-likeness (QED) is 0.739. The summed E-state index contributed by atoms with van der Waals surface area (Å²) in [5.41, 5.74) is 0. The lowest BCUT2D eigenvalue weighted by Crippen LogP contribution is -2.31. The van der Waals surface area contributed by atoms with Crippen LogP contribution in [-0.4, -0.2) is 46.5 Å². The van der Waals surface area contributed by atoms with Crippen molar-refractivity contribution < 1.29 is 8.42 Å². The molecule has 1 aliphatic heterocycles. The summed E-state index contributed by atoms with van der Waals surface area (Å²) in [6.45, 7) is 6.41. The molecule has 0 aromatic carbocycles. The van der Waals surface area contributed by atoms with E-state index in [9.17, 15) is 8.42 Å². The zero-order valence-corrected chi connectivity index (χ0v) is 15.6. The van der Waals surface area contributed by atoms with Gasteiger partial charge in [-0.2, -0.15) is 0 Å². The molecule has 8 heteroatoms. The van der Waals surface area contributed by atoms with Gasteiger partial charge in [0.15, 0.2) is 0 Å². The molecule has 1 unspecified atom stereocenters. The molecule has 1 atom stereocenters. The van der Waals surface area contributed by atoms with Crippen molar-refractivity contribution in [2.45, 2.75) is 24.8 Å². The first-order chi connectivity index (χ1) is 9.96. The molecule has 1 fully saturated rings. The average Bonchev–Trinajstić information content (AvgIpc) is 3.04. The normalized spacial score (nSPS) is 20.2. The van der Waals surface area contributed by atoms with Crippen molar-refractivity contribution in [1.82, 2.24) is 14.9 Å². The van der Waals surface area contributed by atoms with E-state index in [1.165, 1.54) is 11.3 Å². The monoisotopic (exact) mass is 395 g/mol. The fourth-order valence-electron chi connectivity index (χ4n) is 2.51. The van der Waals surface area contributed by atoms with Crippen molar-refractivity contribution in [2.24, 2.45) is 5.92 Å². The zero-order valence-electron chi connectivity index (χ0n) is 12.4. The van der Waals surface area contributed by atoms with E-state index in [1.807, 2.05) is 7.05 Å². The molecule has 1 saturated heterocycles. The molecule has 2 heterocycles. The predicted molar refractivity (Wildman–Crippen MR) is 90.2 cm³/mol. The Morgan fingerprint density at radius 3 is 2.90 bits per heavy atom. The van der Waals surface area contributed by atoms with Crippen LogP contribution in [0.5, 0.6) is 0 Å². The molecule has 2 rings (SSSR count). The highest BCUT2D eigenvalue weighted by Crippen LogP contribution is 2.31. The maximum absolute atomic E-state index is 12.4. The summed E-state index contributed by atoms with van der Waals surface area (Å²) in [5.74, 6) is 0.411. The number of nitrogens with one attached hydrogen (secondary N) is 2. The molecule has 0 saturated carbocycles. The number of hydrogen-bond acceptors (Lipinski definition) is 5. The van der Waals surface area contributed by atoms with Gasteiger partial charge in [-0.1, -0.05) is 6.92 Å². The molecular weight excluding hydrogens is 374 g/mol. The number of hydrogen-bond donors (Lipinski definition) is 2. The van der Waals surface area contributed by atoms with Crippen LogP contribution in [0.25, 0.3) is 0 Å². The minimum atomic E-state index is -3.43. The van der Waals surface area contributed by atoms with Gasteiger partial charge in [0.25, 0.3) is 0 Å². The summed E-state index contributed by atoms with van der Waals surface area (Å²) in [4.78, 5) is 3.70. The maximum Gasteiger partial charge on any atom is 0.242 e. The standard InChI is InChI=1S/C13H22BrN3O2S2/c1-3-17-5-4-10(9-17)7-16-21(18,19)12-6-11(8-15-2)20-13(12)14/h6,10,15-16H,3-5,7-9H2,1-2H3. The average molecular weight is 396 g/mol. The highest BCUT2D eigenvalue weighted by molar-refractivity contribution is 9.11. The van der Waals surface area contributed by atoms with E-state index in [1.54, 1.807) is 6.07 Å². The molecule has 0 bridgehead atoms. The van der Waals surface area contributed by atoms with E-state index in [-0.39, 0.29) is 0 Å². The molecule has 0 spiro atoms. The third-order valence-electron chi connectivity index (χ3n) is 3.73. The molecule has 0 aliphatic carbocycles. The first-order valence-electron chi connectivity index (χ1n) is 7.11. The van der Waals surface area contributed by atoms with E-state index in [0.29, 0.717) is 27.7 Å². The van der Waals surface area contributed by atoms with Crippen LogP contribution in [0.3, 0.4) is 0 Å². The van der Waals surface area contributed by atoms with E-state index >= 15 is 0 Å². The van der Waals surface area contributed by atoms with Crippen LogP contribution in [-0.2, 0) is 16.6 Å². The topological polar surface area (TPSA) is 61.4 Å². The van der Waals surface area contributed by atoms with E-state index in [0.717, 1.165) is 30.9 Å². The third kappa shape index (κ3) is 4.49. The van der Waals surface area contributed by atoms with Gasteiger partial charge in [-0.3, -0.25) is 0 Å². The lowest BCUT2D eigenvalue weighted by atomic mass is 10.1. The van der Waals surface area contributed by atoms with Gasteiger partial charge in [0.1, 0.15) is 4.90 Å². The van der Waals surface area contributed by atoms with Crippen molar-refractivity contribution in [3.8, 4) is 0 Å². The lowest BCUT2D eigenvalue weighted by Gasteiger charge is -2.13. The van der Waals surface area contributed by atoms with Crippen LogP contribution >= 0.6 is 27.3 Å². The lowest BCUT2D eigenvalue weighted by molar-refractivity contribution is 0.342. The summed E-state index contributed by atoms with van der Waals surface area (Å²) >= 11 is 4.82. The van der Waals surface area contributed by atoms with Crippen LogP contribution in [0.1, 0.15) is 18.2 Å². The summed E-state index contributed by atoms with van der Waals surface area (Å²) in [5, 5.41) is 3.03. The summed E-state index contributed by atoms with van der Waals surface area (Å²) in [6.07, 6.45) is 1.06. The van der Waals surface area contributed by atoms with Crippen molar-refractivity contribution >= 4 is 37.3 Å². The predicted octanol–water partition coefficient (Wildman–Crippen LogP) is 1.85. The van der Waals surface area contributed by atoms with Crippen molar-refractivity contribution in [3.05, 3.63) is 14.7 Å². The Morgan fingerprint density at radius 1 is 1.52 bits per heavy atom. The molecule has 0 radical (unpaired) electrons. The second-order valence-electron chi connectivity index (χ2n) is 5.28. The second kappa shape index (κ2) is 7.52. The summed E-state index contributed by atoms with van der Waals surface area (Å²) < 4.78 is 28.2. The molecule has 0 amide bonds. The number of rotatable bonds is 7. The number of nitrogens with zero attached hydrogens (tertiary/aromatic N) is 1. The highest BCUT2D eigenvalue weighted by Gasteiger charge is 2.25. The Bertz CT molecular complexity index is 574. The molecule has 5 nitrogen and oxygen atoms in total. The van der Waals surface area contributed by atoms with Crippen molar-refractivity contribution in [2.75, 3.05) is 33.2 Å². The molecule has 1 aromatic rings.